The molecule has 1 aliphatic carbocycles. The summed E-state index contributed by atoms with van der Waals surface area (Å²) in [6.45, 7) is 6.60. The third-order valence-electron chi connectivity index (χ3n) is 4.32. The van der Waals surface area contributed by atoms with Crippen LogP contribution in [-0.4, -0.2) is 5.11 Å². The van der Waals surface area contributed by atoms with Crippen molar-refractivity contribution in [1.82, 2.24) is 0 Å². The molecule has 1 aromatic carbocycles. The van der Waals surface area contributed by atoms with Crippen LogP contribution in [0.25, 0.3) is 0 Å². The molecule has 1 N–H and O–H groups in total. The molecule has 18 heavy (non-hydrogen) atoms. The molecule has 0 aromatic heterocycles. The molecular weight excluding hydrogens is 356 g/mol. The lowest BCUT2D eigenvalue weighted by Crippen LogP contribution is -2.24. The van der Waals surface area contributed by atoms with E-state index in [9.17, 15) is 5.11 Å². The lowest BCUT2D eigenvalue weighted by atomic mass is 9.77. The van der Waals surface area contributed by atoms with Crippen molar-refractivity contribution in [2.45, 2.75) is 46.1 Å². The third kappa shape index (κ3) is 2.68. The molecule has 1 saturated carbocycles. The van der Waals surface area contributed by atoms with Crippen LogP contribution in [0.5, 0.6) is 0 Å². The Kier molecular flexibility index (Phi) is 4.25. The number of aliphatic hydroxyl groups is 1. The SMILES string of the molecule is Cc1cc(Br)c(C(O)C2CCCC2(C)C)cc1Br. The van der Waals surface area contributed by atoms with Crippen molar-refractivity contribution in [2.75, 3.05) is 0 Å². The molecule has 2 rings (SSSR count). The van der Waals surface area contributed by atoms with Gasteiger partial charge in [0.25, 0.3) is 0 Å². The van der Waals surface area contributed by atoms with Crippen molar-refractivity contribution in [1.29, 1.82) is 0 Å². The second-order valence-electron chi connectivity index (χ2n) is 6.06. The van der Waals surface area contributed by atoms with Gasteiger partial charge in [-0.05, 0) is 54.4 Å². The molecule has 1 aromatic rings. The molecule has 0 bridgehead atoms. The van der Waals surface area contributed by atoms with Gasteiger partial charge in [0.1, 0.15) is 0 Å². The van der Waals surface area contributed by atoms with E-state index in [1.165, 1.54) is 18.4 Å². The van der Waals surface area contributed by atoms with Crippen LogP contribution in [0.4, 0.5) is 0 Å². The standard InChI is InChI=1S/C15H20Br2O/c1-9-7-13(17)10(8-12(9)16)14(18)11-5-4-6-15(11,2)3/h7-8,11,14,18H,4-6H2,1-3H3. The number of benzene rings is 1. The first-order valence-corrected chi connectivity index (χ1v) is 8.05. The van der Waals surface area contributed by atoms with Crippen LogP contribution in [0, 0.1) is 18.3 Å². The van der Waals surface area contributed by atoms with Crippen molar-refractivity contribution in [3.05, 3.63) is 32.2 Å². The summed E-state index contributed by atoms with van der Waals surface area (Å²) in [5.41, 5.74) is 2.42. The van der Waals surface area contributed by atoms with Gasteiger partial charge in [0, 0.05) is 8.95 Å². The lowest BCUT2D eigenvalue weighted by Gasteiger charge is -2.32. The summed E-state index contributed by atoms with van der Waals surface area (Å²) in [7, 11) is 0. The van der Waals surface area contributed by atoms with Gasteiger partial charge in [0.05, 0.1) is 6.10 Å². The molecule has 0 aliphatic heterocycles. The molecule has 0 heterocycles. The molecule has 0 radical (unpaired) electrons. The van der Waals surface area contributed by atoms with Crippen LogP contribution in [0.3, 0.4) is 0 Å². The Bertz CT molecular complexity index is 454. The Balaban J connectivity index is 2.34. The first-order valence-electron chi connectivity index (χ1n) is 6.46. The van der Waals surface area contributed by atoms with E-state index in [-0.39, 0.29) is 11.5 Å². The molecule has 1 nitrogen and oxygen atoms in total. The summed E-state index contributed by atoms with van der Waals surface area (Å²) in [6, 6.07) is 4.13. The fraction of sp³-hybridized carbons (Fsp3) is 0.600. The second kappa shape index (κ2) is 5.26. The number of halogens is 2. The summed E-state index contributed by atoms with van der Waals surface area (Å²) < 4.78 is 2.08. The Morgan fingerprint density at radius 2 is 1.94 bits per heavy atom. The molecule has 2 atom stereocenters. The van der Waals surface area contributed by atoms with E-state index >= 15 is 0 Å². The van der Waals surface area contributed by atoms with Crippen molar-refractivity contribution in [3.63, 3.8) is 0 Å². The average molecular weight is 376 g/mol. The van der Waals surface area contributed by atoms with E-state index in [4.69, 9.17) is 0 Å². The second-order valence-corrected chi connectivity index (χ2v) is 7.76. The van der Waals surface area contributed by atoms with E-state index in [1.54, 1.807) is 0 Å². The molecule has 0 saturated heterocycles. The maximum Gasteiger partial charge on any atom is 0.0834 e. The number of aliphatic hydroxyl groups excluding tert-OH is 1. The van der Waals surface area contributed by atoms with Crippen molar-refractivity contribution in [2.24, 2.45) is 11.3 Å². The Morgan fingerprint density at radius 3 is 2.50 bits per heavy atom. The molecular formula is C15H20Br2O. The maximum absolute atomic E-state index is 10.7. The molecule has 0 amide bonds. The highest BCUT2D eigenvalue weighted by Crippen LogP contribution is 2.49. The summed E-state index contributed by atoms with van der Waals surface area (Å²) in [4.78, 5) is 0. The third-order valence-corrected chi connectivity index (χ3v) is 5.86. The zero-order valence-corrected chi connectivity index (χ0v) is 14.3. The van der Waals surface area contributed by atoms with Crippen molar-refractivity contribution < 1.29 is 5.11 Å². The Morgan fingerprint density at radius 1 is 1.28 bits per heavy atom. The maximum atomic E-state index is 10.7. The van der Waals surface area contributed by atoms with Gasteiger partial charge in [-0.2, -0.15) is 0 Å². The van der Waals surface area contributed by atoms with Crippen LogP contribution in [0.2, 0.25) is 0 Å². The first-order chi connectivity index (χ1) is 8.33. The van der Waals surface area contributed by atoms with Gasteiger partial charge < -0.3 is 5.11 Å². The van der Waals surface area contributed by atoms with Crippen LogP contribution < -0.4 is 0 Å². The Hall–Kier alpha value is 0.140. The van der Waals surface area contributed by atoms with Crippen LogP contribution in [0.1, 0.15) is 50.3 Å². The molecule has 1 aliphatic rings. The normalized spacial score (nSPS) is 24.2. The highest BCUT2D eigenvalue weighted by molar-refractivity contribution is 9.11. The minimum atomic E-state index is -0.381. The van der Waals surface area contributed by atoms with Gasteiger partial charge in [0.2, 0.25) is 0 Å². The topological polar surface area (TPSA) is 20.2 Å². The highest BCUT2D eigenvalue weighted by Gasteiger charge is 2.40. The number of hydrogen-bond donors (Lipinski definition) is 1. The van der Waals surface area contributed by atoms with Crippen LogP contribution in [-0.2, 0) is 0 Å². The smallest absolute Gasteiger partial charge is 0.0834 e. The fourth-order valence-corrected chi connectivity index (χ4v) is 4.10. The van der Waals surface area contributed by atoms with Crippen molar-refractivity contribution in [3.8, 4) is 0 Å². The molecule has 3 heteroatoms. The molecule has 100 valence electrons. The summed E-state index contributed by atoms with van der Waals surface area (Å²) in [5, 5.41) is 10.7. The van der Waals surface area contributed by atoms with E-state index in [0.717, 1.165) is 20.9 Å². The molecule has 1 fully saturated rings. The number of hydrogen-bond acceptors (Lipinski definition) is 1. The van der Waals surface area contributed by atoms with Gasteiger partial charge in [-0.1, -0.05) is 52.1 Å². The zero-order chi connectivity index (χ0) is 13.5. The van der Waals surface area contributed by atoms with Gasteiger partial charge in [0.15, 0.2) is 0 Å². The minimum Gasteiger partial charge on any atom is -0.388 e. The van der Waals surface area contributed by atoms with E-state index in [1.807, 2.05) is 0 Å². The summed E-state index contributed by atoms with van der Waals surface area (Å²) >= 11 is 7.14. The molecule has 0 spiro atoms. The van der Waals surface area contributed by atoms with Crippen molar-refractivity contribution >= 4 is 31.9 Å². The van der Waals surface area contributed by atoms with E-state index < -0.39 is 0 Å². The van der Waals surface area contributed by atoms with Crippen LogP contribution >= 0.6 is 31.9 Å². The highest BCUT2D eigenvalue weighted by atomic mass is 79.9. The predicted octanol–water partition coefficient (Wildman–Crippen LogP) is 5.38. The summed E-state index contributed by atoms with van der Waals surface area (Å²) in [6.07, 6.45) is 3.17. The number of aryl methyl sites for hydroxylation is 1. The molecule has 2 unspecified atom stereocenters. The zero-order valence-electron chi connectivity index (χ0n) is 11.1. The minimum absolute atomic E-state index is 0.232. The number of rotatable bonds is 2. The van der Waals surface area contributed by atoms with E-state index in [2.05, 4.69) is 64.8 Å². The van der Waals surface area contributed by atoms with Gasteiger partial charge in [-0.25, -0.2) is 0 Å². The predicted molar refractivity (Wildman–Crippen MR) is 82.7 cm³/mol. The van der Waals surface area contributed by atoms with E-state index in [0.29, 0.717) is 5.92 Å². The van der Waals surface area contributed by atoms with Gasteiger partial charge in [-0.15, -0.1) is 0 Å². The lowest BCUT2D eigenvalue weighted by molar-refractivity contribution is 0.0526. The average Bonchev–Trinajstić information content (AvgIpc) is 2.62. The summed E-state index contributed by atoms with van der Waals surface area (Å²) in [5.74, 6) is 0.350. The largest absolute Gasteiger partial charge is 0.388 e. The quantitative estimate of drug-likeness (QED) is 0.735. The van der Waals surface area contributed by atoms with Gasteiger partial charge in [-0.3, -0.25) is 0 Å². The first kappa shape index (κ1) is 14.5. The monoisotopic (exact) mass is 374 g/mol. The van der Waals surface area contributed by atoms with Crippen LogP contribution in [0.15, 0.2) is 21.1 Å². The fourth-order valence-electron chi connectivity index (χ4n) is 3.04. The Labute approximate surface area is 126 Å². The van der Waals surface area contributed by atoms with Gasteiger partial charge >= 0.3 is 0 Å².